The molecule has 0 spiro atoms. The van der Waals surface area contributed by atoms with E-state index >= 15 is 0 Å². The molecule has 0 aromatic heterocycles. The number of carbonyl (C=O) groups excluding carboxylic acids is 1. The van der Waals surface area contributed by atoms with E-state index < -0.39 is 5.97 Å². The lowest BCUT2D eigenvalue weighted by Gasteiger charge is -2.13. The van der Waals surface area contributed by atoms with Gasteiger partial charge in [0.05, 0.1) is 0 Å². The molecule has 1 atom stereocenters. The van der Waals surface area contributed by atoms with E-state index in [9.17, 15) is 9.59 Å². The molecule has 2 N–H and O–H groups in total. The van der Waals surface area contributed by atoms with E-state index in [0.717, 1.165) is 12.5 Å². The third-order valence-corrected chi connectivity index (χ3v) is 3.13. The van der Waals surface area contributed by atoms with Crippen LogP contribution in [0.25, 0.3) is 6.08 Å². The number of carbonyl (C=O) groups is 2. The summed E-state index contributed by atoms with van der Waals surface area (Å²) in [5.74, 6) is -1.28. The molecular weight excluding hydrogens is 294 g/mol. The zero-order chi connectivity index (χ0) is 15.8. The van der Waals surface area contributed by atoms with Crippen LogP contribution in [0.15, 0.2) is 24.3 Å². The molecule has 114 valence electrons. The number of carboxylic acid groups (broad SMARTS) is 1. The van der Waals surface area contributed by atoms with Gasteiger partial charge in [-0.15, -0.1) is 0 Å². The van der Waals surface area contributed by atoms with Crippen LogP contribution in [-0.2, 0) is 9.53 Å². The second-order valence-electron chi connectivity index (χ2n) is 4.56. The predicted molar refractivity (Wildman–Crippen MR) is 81.5 cm³/mol. The lowest BCUT2D eigenvalue weighted by molar-refractivity contribution is -0.131. The maximum absolute atomic E-state index is 12.0. The first-order valence-electron chi connectivity index (χ1n) is 6.44. The van der Waals surface area contributed by atoms with Gasteiger partial charge in [-0.05, 0) is 37.1 Å². The Morgan fingerprint density at radius 2 is 2.19 bits per heavy atom. The summed E-state index contributed by atoms with van der Waals surface area (Å²) in [6.45, 7) is 2.46. The molecule has 0 saturated heterocycles. The number of hydrogen-bond acceptors (Lipinski definition) is 3. The van der Waals surface area contributed by atoms with Crippen molar-refractivity contribution in [2.45, 2.75) is 19.4 Å². The molecule has 1 aromatic rings. The fraction of sp³-hybridized carbons (Fsp3) is 0.333. The van der Waals surface area contributed by atoms with E-state index in [2.05, 4.69) is 5.32 Å². The van der Waals surface area contributed by atoms with E-state index in [0.29, 0.717) is 22.8 Å². The summed E-state index contributed by atoms with van der Waals surface area (Å²) in [6, 6.07) is 4.71. The van der Waals surface area contributed by atoms with Crippen molar-refractivity contribution in [1.82, 2.24) is 5.32 Å². The monoisotopic (exact) mass is 311 g/mol. The molecule has 0 fully saturated rings. The average Bonchev–Trinajstić information content (AvgIpc) is 2.43. The minimum atomic E-state index is -1.06. The van der Waals surface area contributed by atoms with Gasteiger partial charge in [0, 0.05) is 36.4 Å². The van der Waals surface area contributed by atoms with Crippen LogP contribution in [0.3, 0.4) is 0 Å². The first kappa shape index (κ1) is 17.2. The van der Waals surface area contributed by atoms with Gasteiger partial charge in [0.15, 0.2) is 0 Å². The summed E-state index contributed by atoms with van der Waals surface area (Å²) in [4.78, 5) is 22.5. The first-order chi connectivity index (χ1) is 9.93. The van der Waals surface area contributed by atoms with E-state index in [-0.39, 0.29) is 11.9 Å². The Morgan fingerprint density at radius 3 is 2.76 bits per heavy atom. The van der Waals surface area contributed by atoms with Gasteiger partial charge in [0.1, 0.15) is 0 Å². The van der Waals surface area contributed by atoms with Gasteiger partial charge in [-0.25, -0.2) is 4.79 Å². The zero-order valence-corrected chi connectivity index (χ0v) is 12.7. The molecule has 5 nitrogen and oxygen atoms in total. The summed E-state index contributed by atoms with van der Waals surface area (Å²) >= 11 is 6.03. The Balaban J connectivity index is 2.74. The number of methoxy groups -OCH3 is 1. The Morgan fingerprint density at radius 1 is 1.48 bits per heavy atom. The smallest absolute Gasteiger partial charge is 0.328 e. The molecule has 0 aliphatic heterocycles. The van der Waals surface area contributed by atoms with Crippen molar-refractivity contribution in [3.63, 3.8) is 0 Å². The molecule has 6 heteroatoms. The van der Waals surface area contributed by atoms with Crippen molar-refractivity contribution in [2.75, 3.05) is 13.7 Å². The van der Waals surface area contributed by atoms with Crippen molar-refractivity contribution in [3.8, 4) is 0 Å². The lowest BCUT2D eigenvalue weighted by atomic mass is 10.1. The largest absolute Gasteiger partial charge is 0.478 e. The molecule has 0 bridgehead atoms. The van der Waals surface area contributed by atoms with Crippen molar-refractivity contribution in [3.05, 3.63) is 40.4 Å². The fourth-order valence-electron chi connectivity index (χ4n) is 1.64. The number of ether oxygens (including phenoxy) is 1. The van der Waals surface area contributed by atoms with E-state index in [1.165, 1.54) is 12.1 Å². The third kappa shape index (κ3) is 5.97. The Hall–Kier alpha value is -1.85. The summed E-state index contributed by atoms with van der Waals surface area (Å²) in [5.41, 5.74) is 0.972. The Bertz CT molecular complexity index is 542. The minimum absolute atomic E-state index is 0.0113. The van der Waals surface area contributed by atoms with Gasteiger partial charge in [-0.3, -0.25) is 4.79 Å². The summed E-state index contributed by atoms with van der Waals surface area (Å²) < 4.78 is 4.95. The standard InChI is InChI=1S/C15H18ClNO4/c1-10(7-8-21-2)17-15(20)12-4-3-11(13(16)9-12)5-6-14(18)19/h3-6,9-10H,7-8H2,1-2H3,(H,17,20)(H,18,19)/b6-5+. The van der Waals surface area contributed by atoms with E-state index in [1.807, 2.05) is 6.92 Å². The van der Waals surface area contributed by atoms with Crippen molar-refractivity contribution < 1.29 is 19.4 Å². The number of aliphatic carboxylic acids is 1. The second kappa shape index (κ2) is 8.44. The molecule has 1 unspecified atom stereocenters. The number of halogens is 1. The molecule has 1 aromatic carbocycles. The molecule has 0 aliphatic carbocycles. The van der Waals surface area contributed by atoms with Crippen molar-refractivity contribution >= 4 is 29.6 Å². The topological polar surface area (TPSA) is 75.6 Å². The van der Waals surface area contributed by atoms with Gasteiger partial charge >= 0.3 is 5.97 Å². The van der Waals surface area contributed by atoms with Gasteiger partial charge in [0.2, 0.25) is 0 Å². The molecular formula is C15H18ClNO4. The number of carboxylic acids is 1. The molecule has 0 saturated carbocycles. The Labute approximate surface area is 128 Å². The first-order valence-corrected chi connectivity index (χ1v) is 6.82. The highest BCUT2D eigenvalue weighted by atomic mass is 35.5. The summed E-state index contributed by atoms with van der Waals surface area (Å²) in [6.07, 6.45) is 3.09. The van der Waals surface area contributed by atoms with E-state index in [4.69, 9.17) is 21.4 Å². The molecule has 0 aliphatic rings. The van der Waals surface area contributed by atoms with Crippen LogP contribution in [0, 0.1) is 0 Å². The third-order valence-electron chi connectivity index (χ3n) is 2.80. The second-order valence-corrected chi connectivity index (χ2v) is 4.97. The van der Waals surface area contributed by atoms with Crippen LogP contribution >= 0.6 is 11.6 Å². The van der Waals surface area contributed by atoms with Crippen LogP contribution in [0.4, 0.5) is 0 Å². The van der Waals surface area contributed by atoms with Gasteiger partial charge in [-0.2, -0.15) is 0 Å². The summed E-state index contributed by atoms with van der Waals surface area (Å²) in [7, 11) is 1.61. The van der Waals surface area contributed by atoms with E-state index in [1.54, 1.807) is 19.2 Å². The highest BCUT2D eigenvalue weighted by molar-refractivity contribution is 6.32. The zero-order valence-electron chi connectivity index (χ0n) is 11.9. The van der Waals surface area contributed by atoms with Gasteiger partial charge in [-0.1, -0.05) is 17.7 Å². The quantitative estimate of drug-likeness (QED) is 0.759. The molecule has 0 radical (unpaired) electrons. The normalized spacial score (nSPS) is 12.3. The molecule has 21 heavy (non-hydrogen) atoms. The Kier molecular flexibility index (Phi) is 6.91. The van der Waals surface area contributed by atoms with Gasteiger partial charge < -0.3 is 15.2 Å². The molecule has 1 amide bonds. The lowest BCUT2D eigenvalue weighted by Crippen LogP contribution is -2.33. The minimum Gasteiger partial charge on any atom is -0.478 e. The van der Waals surface area contributed by atoms with Crippen LogP contribution < -0.4 is 5.32 Å². The van der Waals surface area contributed by atoms with Crippen molar-refractivity contribution in [2.24, 2.45) is 0 Å². The van der Waals surface area contributed by atoms with Crippen LogP contribution in [-0.4, -0.2) is 36.7 Å². The van der Waals surface area contributed by atoms with Crippen molar-refractivity contribution in [1.29, 1.82) is 0 Å². The SMILES string of the molecule is COCCC(C)NC(=O)c1ccc(/C=C/C(=O)O)c(Cl)c1. The van der Waals surface area contributed by atoms with Gasteiger partial charge in [0.25, 0.3) is 5.91 Å². The fourth-order valence-corrected chi connectivity index (χ4v) is 1.88. The maximum atomic E-state index is 12.0. The van der Waals surface area contributed by atoms with Crippen LogP contribution in [0.2, 0.25) is 5.02 Å². The predicted octanol–water partition coefficient (Wildman–Crippen LogP) is 2.59. The van der Waals surface area contributed by atoms with Crippen LogP contribution in [0.1, 0.15) is 29.3 Å². The number of rotatable bonds is 7. The highest BCUT2D eigenvalue weighted by Gasteiger charge is 2.11. The summed E-state index contributed by atoms with van der Waals surface area (Å²) in [5, 5.41) is 11.7. The highest BCUT2D eigenvalue weighted by Crippen LogP contribution is 2.19. The average molecular weight is 312 g/mol. The number of nitrogens with one attached hydrogen (secondary N) is 1. The van der Waals surface area contributed by atoms with Crippen LogP contribution in [0.5, 0.6) is 0 Å². The number of benzene rings is 1. The molecule has 0 heterocycles. The number of hydrogen-bond donors (Lipinski definition) is 2. The maximum Gasteiger partial charge on any atom is 0.328 e. The molecule has 1 rings (SSSR count). The number of amides is 1.